The van der Waals surface area contributed by atoms with E-state index in [4.69, 9.17) is 23.2 Å². The summed E-state index contributed by atoms with van der Waals surface area (Å²) in [4.78, 5) is 15.4. The topological polar surface area (TPSA) is 34.9 Å². The number of hydrogen-bond acceptors (Lipinski definition) is 2. The summed E-state index contributed by atoms with van der Waals surface area (Å²) in [6.45, 7) is 6.95. The fourth-order valence-electron chi connectivity index (χ4n) is 1.06. The summed E-state index contributed by atoms with van der Waals surface area (Å²) in [6, 6.07) is 0. The Hall–Kier alpha value is -0.540. The molecule has 0 aliphatic carbocycles. The van der Waals surface area contributed by atoms with Gasteiger partial charge in [-0.1, -0.05) is 44.0 Å². The van der Waals surface area contributed by atoms with E-state index in [9.17, 15) is 4.79 Å². The Labute approximate surface area is 99.0 Å². The molecule has 0 saturated carbocycles. The van der Waals surface area contributed by atoms with Crippen molar-refractivity contribution in [2.45, 2.75) is 33.7 Å². The summed E-state index contributed by atoms with van der Waals surface area (Å²) < 4.78 is 1.49. The van der Waals surface area contributed by atoms with Gasteiger partial charge >= 0.3 is 0 Å². The van der Waals surface area contributed by atoms with E-state index in [2.05, 4.69) is 25.8 Å². The summed E-state index contributed by atoms with van der Waals surface area (Å²) in [5.74, 6) is 0. The maximum absolute atomic E-state index is 11.6. The third-order valence-corrected chi connectivity index (χ3v) is 2.77. The van der Waals surface area contributed by atoms with Crippen LogP contribution in [0.1, 0.15) is 27.2 Å². The molecule has 0 unspecified atom stereocenters. The Morgan fingerprint density at radius 2 is 2.00 bits per heavy atom. The fourth-order valence-corrected chi connectivity index (χ4v) is 1.34. The maximum Gasteiger partial charge on any atom is 0.273 e. The van der Waals surface area contributed by atoms with E-state index in [0.29, 0.717) is 6.54 Å². The highest BCUT2D eigenvalue weighted by Crippen LogP contribution is 2.19. The van der Waals surface area contributed by atoms with Gasteiger partial charge in [-0.3, -0.25) is 9.36 Å². The highest BCUT2D eigenvalue weighted by atomic mass is 35.5. The molecule has 0 aromatic carbocycles. The van der Waals surface area contributed by atoms with Gasteiger partial charge in [0.25, 0.3) is 5.56 Å². The van der Waals surface area contributed by atoms with E-state index in [0.717, 1.165) is 6.42 Å². The van der Waals surface area contributed by atoms with E-state index >= 15 is 0 Å². The van der Waals surface area contributed by atoms with Crippen molar-refractivity contribution in [1.82, 2.24) is 9.55 Å². The summed E-state index contributed by atoms with van der Waals surface area (Å²) in [7, 11) is 0. The van der Waals surface area contributed by atoms with Gasteiger partial charge in [-0.2, -0.15) is 0 Å². The lowest BCUT2D eigenvalue weighted by Crippen LogP contribution is -2.23. The van der Waals surface area contributed by atoms with Crippen LogP contribution in [0.5, 0.6) is 0 Å². The zero-order valence-corrected chi connectivity index (χ0v) is 10.6. The van der Waals surface area contributed by atoms with E-state index in [1.165, 1.54) is 10.9 Å². The van der Waals surface area contributed by atoms with Gasteiger partial charge in [-0.15, -0.1) is 0 Å². The van der Waals surface area contributed by atoms with Crippen LogP contribution < -0.4 is 5.56 Å². The van der Waals surface area contributed by atoms with Crippen molar-refractivity contribution in [3.05, 3.63) is 26.9 Å². The normalized spacial score (nSPS) is 11.8. The lowest BCUT2D eigenvalue weighted by atomic mass is 9.92. The highest BCUT2D eigenvalue weighted by molar-refractivity contribution is 6.40. The molecule has 0 N–H and O–H groups in total. The quantitative estimate of drug-likeness (QED) is 0.755. The van der Waals surface area contributed by atoms with E-state index in [1.54, 1.807) is 0 Å². The molecule has 0 atom stereocenters. The van der Waals surface area contributed by atoms with Crippen molar-refractivity contribution in [2.24, 2.45) is 5.41 Å². The molecule has 0 saturated heterocycles. The molecule has 1 heterocycles. The second-order valence-electron chi connectivity index (χ2n) is 4.66. The molecule has 1 aromatic rings. The third kappa shape index (κ3) is 3.50. The van der Waals surface area contributed by atoms with Crippen molar-refractivity contribution in [3.8, 4) is 0 Å². The minimum atomic E-state index is -0.277. The van der Waals surface area contributed by atoms with Crippen molar-refractivity contribution >= 4 is 23.2 Å². The van der Waals surface area contributed by atoms with E-state index in [1.807, 2.05) is 0 Å². The van der Waals surface area contributed by atoms with Gasteiger partial charge < -0.3 is 0 Å². The van der Waals surface area contributed by atoms with Gasteiger partial charge in [0.1, 0.15) is 5.02 Å². The first-order valence-electron chi connectivity index (χ1n) is 4.72. The zero-order valence-electron chi connectivity index (χ0n) is 9.05. The maximum atomic E-state index is 11.6. The molecule has 0 bridgehead atoms. The fraction of sp³-hybridized carbons (Fsp3) is 0.600. The summed E-state index contributed by atoms with van der Waals surface area (Å²) in [5, 5.41) is 0.0572. The van der Waals surface area contributed by atoms with Crippen LogP contribution in [0.2, 0.25) is 10.2 Å². The molecule has 1 aromatic heterocycles. The molecule has 0 aliphatic heterocycles. The van der Waals surface area contributed by atoms with Crippen LogP contribution in [0.25, 0.3) is 0 Å². The Morgan fingerprint density at radius 3 is 2.53 bits per heavy atom. The molecule has 1 rings (SSSR count). The smallest absolute Gasteiger partial charge is 0.273 e. The molecule has 0 fully saturated rings. The van der Waals surface area contributed by atoms with Gasteiger partial charge in [-0.05, 0) is 11.8 Å². The molecule has 0 amide bonds. The molecule has 5 heteroatoms. The first-order chi connectivity index (χ1) is 6.81. The largest absolute Gasteiger partial charge is 0.298 e. The molecular formula is C10H14Cl2N2O. The van der Waals surface area contributed by atoms with Crippen molar-refractivity contribution < 1.29 is 0 Å². The first kappa shape index (κ1) is 12.5. The predicted octanol–water partition coefficient (Wildman–Crippen LogP) is 2.99. The lowest BCUT2D eigenvalue weighted by Gasteiger charge is -2.18. The van der Waals surface area contributed by atoms with Crippen LogP contribution >= 0.6 is 23.2 Å². The second kappa shape index (κ2) is 4.54. The second-order valence-corrected chi connectivity index (χ2v) is 5.39. The molecule has 0 radical (unpaired) electrons. The van der Waals surface area contributed by atoms with Gasteiger partial charge in [0, 0.05) is 6.54 Å². The Kier molecular flexibility index (Phi) is 3.79. The molecular weight excluding hydrogens is 235 g/mol. The average molecular weight is 249 g/mol. The van der Waals surface area contributed by atoms with Gasteiger partial charge in [0.05, 0.1) is 6.33 Å². The summed E-state index contributed by atoms with van der Waals surface area (Å²) >= 11 is 11.3. The number of hydrogen-bond donors (Lipinski definition) is 0. The standard InChI is InChI=1S/C10H14Cl2N2O/c1-10(2,3)4-5-14-6-13-8(12)7(11)9(14)15/h6H,4-5H2,1-3H3. The summed E-state index contributed by atoms with van der Waals surface area (Å²) in [6.07, 6.45) is 2.31. The molecule has 15 heavy (non-hydrogen) atoms. The van der Waals surface area contributed by atoms with Crippen LogP contribution in [0.15, 0.2) is 11.1 Å². The zero-order chi connectivity index (χ0) is 11.6. The molecule has 3 nitrogen and oxygen atoms in total. The Morgan fingerprint density at radius 1 is 1.40 bits per heavy atom. The number of aromatic nitrogens is 2. The van der Waals surface area contributed by atoms with Crippen molar-refractivity contribution in [1.29, 1.82) is 0 Å². The predicted molar refractivity (Wildman–Crippen MR) is 62.6 cm³/mol. The van der Waals surface area contributed by atoms with E-state index in [-0.39, 0.29) is 21.2 Å². The van der Waals surface area contributed by atoms with Crippen LogP contribution in [0.3, 0.4) is 0 Å². The van der Waals surface area contributed by atoms with Crippen molar-refractivity contribution in [2.75, 3.05) is 0 Å². The Balaban J connectivity index is 2.89. The van der Waals surface area contributed by atoms with Gasteiger partial charge in [-0.25, -0.2) is 4.98 Å². The van der Waals surface area contributed by atoms with Crippen LogP contribution in [0.4, 0.5) is 0 Å². The minimum absolute atomic E-state index is 0.00641. The third-order valence-electron chi connectivity index (χ3n) is 2.04. The molecule has 84 valence electrons. The van der Waals surface area contributed by atoms with Crippen LogP contribution in [-0.2, 0) is 6.54 Å². The monoisotopic (exact) mass is 248 g/mol. The van der Waals surface area contributed by atoms with Crippen LogP contribution in [-0.4, -0.2) is 9.55 Å². The van der Waals surface area contributed by atoms with E-state index < -0.39 is 0 Å². The van der Waals surface area contributed by atoms with Crippen LogP contribution in [0, 0.1) is 5.41 Å². The van der Waals surface area contributed by atoms with Crippen molar-refractivity contribution in [3.63, 3.8) is 0 Å². The summed E-state index contributed by atoms with van der Waals surface area (Å²) in [5.41, 5.74) is -0.105. The molecule has 0 aliphatic rings. The molecule has 0 spiro atoms. The number of nitrogens with zero attached hydrogens (tertiary/aromatic N) is 2. The first-order valence-corrected chi connectivity index (χ1v) is 5.47. The Bertz CT molecular complexity index is 407. The average Bonchev–Trinajstić information content (AvgIpc) is 2.12. The lowest BCUT2D eigenvalue weighted by molar-refractivity contribution is 0.347. The number of halogens is 2. The number of aryl methyl sites for hydroxylation is 1. The SMILES string of the molecule is CC(C)(C)CCn1cnc(Cl)c(Cl)c1=O. The minimum Gasteiger partial charge on any atom is -0.298 e. The highest BCUT2D eigenvalue weighted by Gasteiger charge is 2.12. The van der Waals surface area contributed by atoms with Gasteiger partial charge in [0.15, 0.2) is 5.15 Å². The number of rotatable bonds is 2. The van der Waals surface area contributed by atoms with Gasteiger partial charge in [0.2, 0.25) is 0 Å².